The maximum Gasteiger partial charge on any atom is 0.291 e. The van der Waals surface area contributed by atoms with E-state index in [2.05, 4.69) is 14.9 Å². The number of hydrogen-bond donors (Lipinski definition) is 1. The van der Waals surface area contributed by atoms with Gasteiger partial charge in [0.05, 0.1) is 19.0 Å². The quantitative estimate of drug-likeness (QED) is 0.572. The number of aromatic nitrogens is 2. The normalized spacial score (nSPS) is 12.9. The molecule has 6 nitrogen and oxygen atoms in total. The van der Waals surface area contributed by atoms with Gasteiger partial charge in [0.25, 0.3) is 5.91 Å². The van der Waals surface area contributed by atoms with E-state index in [0.717, 1.165) is 41.9 Å². The molecule has 0 radical (unpaired) electrons. The molecule has 1 amide bonds. The highest BCUT2D eigenvalue weighted by atomic mass is 16.5. The second-order valence-corrected chi connectivity index (χ2v) is 6.84. The van der Waals surface area contributed by atoms with Crippen molar-refractivity contribution in [3.05, 3.63) is 66.3 Å². The van der Waals surface area contributed by atoms with E-state index in [1.807, 2.05) is 42.6 Å². The molecule has 1 aliphatic heterocycles. The molecule has 0 bridgehead atoms. The Morgan fingerprint density at radius 1 is 1.21 bits per heavy atom. The van der Waals surface area contributed by atoms with Gasteiger partial charge in [-0.15, -0.1) is 0 Å². The SMILES string of the molecule is COc1cccc2cc(C(=O)Nc3ccc(-c4cnc5n4CCC5)cc3)oc12. The summed E-state index contributed by atoms with van der Waals surface area (Å²) in [5.41, 5.74) is 3.49. The molecular formula is C22H19N3O3. The van der Waals surface area contributed by atoms with E-state index in [-0.39, 0.29) is 11.7 Å². The van der Waals surface area contributed by atoms with Gasteiger partial charge in [-0.3, -0.25) is 4.79 Å². The lowest BCUT2D eigenvalue weighted by Gasteiger charge is -2.07. The Morgan fingerprint density at radius 3 is 2.89 bits per heavy atom. The van der Waals surface area contributed by atoms with Crippen molar-refractivity contribution < 1.29 is 13.9 Å². The van der Waals surface area contributed by atoms with Crippen molar-refractivity contribution >= 4 is 22.6 Å². The number of rotatable bonds is 4. The largest absolute Gasteiger partial charge is 0.493 e. The standard InChI is InChI=1S/C22H19N3O3/c1-27-18-5-2-4-15-12-19(28-21(15)18)22(26)24-16-9-7-14(8-10-16)17-13-23-20-6-3-11-25(17)20/h2,4-5,7-10,12-13H,3,6,11H2,1H3,(H,24,26). The van der Waals surface area contributed by atoms with Crippen LogP contribution in [0.2, 0.25) is 0 Å². The maximum absolute atomic E-state index is 12.6. The lowest BCUT2D eigenvalue weighted by atomic mass is 10.1. The summed E-state index contributed by atoms with van der Waals surface area (Å²) in [6.07, 6.45) is 4.10. The molecule has 1 N–H and O–H groups in total. The Balaban J connectivity index is 1.37. The van der Waals surface area contributed by atoms with Crippen molar-refractivity contribution in [1.82, 2.24) is 9.55 Å². The van der Waals surface area contributed by atoms with E-state index in [4.69, 9.17) is 9.15 Å². The van der Waals surface area contributed by atoms with E-state index >= 15 is 0 Å². The van der Waals surface area contributed by atoms with Crippen LogP contribution in [0.1, 0.15) is 22.8 Å². The monoisotopic (exact) mass is 373 g/mol. The molecule has 2 aromatic heterocycles. The van der Waals surface area contributed by atoms with Crippen LogP contribution in [-0.2, 0) is 13.0 Å². The van der Waals surface area contributed by atoms with Crippen LogP contribution in [0.3, 0.4) is 0 Å². The van der Waals surface area contributed by atoms with Crippen LogP contribution in [0, 0.1) is 0 Å². The number of aryl methyl sites for hydroxylation is 1. The Bertz CT molecular complexity index is 1170. The first-order chi connectivity index (χ1) is 13.7. The molecule has 0 saturated carbocycles. The number of carbonyl (C=O) groups excluding carboxylic acids is 1. The number of fused-ring (bicyclic) bond motifs is 2. The number of para-hydroxylation sites is 1. The van der Waals surface area contributed by atoms with Crippen LogP contribution in [0.5, 0.6) is 5.75 Å². The first-order valence-electron chi connectivity index (χ1n) is 9.25. The van der Waals surface area contributed by atoms with Crippen LogP contribution < -0.4 is 10.1 Å². The maximum atomic E-state index is 12.6. The van der Waals surface area contributed by atoms with E-state index in [1.54, 1.807) is 19.2 Å². The Hall–Kier alpha value is -3.54. The predicted molar refractivity (Wildman–Crippen MR) is 107 cm³/mol. The van der Waals surface area contributed by atoms with Crippen LogP contribution >= 0.6 is 0 Å². The van der Waals surface area contributed by atoms with Crippen LogP contribution in [0.4, 0.5) is 5.69 Å². The van der Waals surface area contributed by atoms with E-state index in [0.29, 0.717) is 17.0 Å². The molecular weight excluding hydrogens is 354 g/mol. The molecule has 0 saturated heterocycles. The van der Waals surface area contributed by atoms with Gasteiger partial charge in [0, 0.05) is 24.0 Å². The van der Waals surface area contributed by atoms with Crippen molar-refractivity contribution in [2.45, 2.75) is 19.4 Å². The lowest BCUT2D eigenvalue weighted by Crippen LogP contribution is -2.10. The molecule has 0 spiro atoms. The summed E-state index contributed by atoms with van der Waals surface area (Å²) in [7, 11) is 1.58. The number of methoxy groups -OCH3 is 1. The van der Waals surface area contributed by atoms with E-state index < -0.39 is 0 Å². The highest BCUT2D eigenvalue weighted by Crippen LogP contribution is 2.29. The minimum atomic E-state index is -0.295. The average molecular weight is 373 g/mol. The van der Waals surface area contributed by atoms with Gasteiger partial charge >= 0.3 is 0 Å². The van der Waals surface area contributed by atoms with Crippen LogP contribution in [0.15, 0.2) is 59.1 Å². The number of nitrogens with one attached hydrogen (secondary N) is 1. The van der Waals surface area contributed by atoms with Crippen molar-refractivity contribution in [2.75, 3.05) is 12.4 Å². The molecule has 4 aromatic rings. The Morgan fingerprint density at radius 2 is 2.07 bits per heavy atom. The zero-order valence-corrected chi connectivity index (χ0v) is 15.4. The number of ether oxygens (including phenoxy) is 1. The number of nitrogens with zero attached hydrogens (tertiary/aromatic N) is 2. The molecule has 5 rings (SSSR count). The van der Waals surface area contributed by atoms with Crippen LogP contribution in [-0.4, -0.2) is 22.6 Å². The summed E-state index contributed by atoms with van der Waals surface area (Å²) < 4.78 is 13.3. The van der Waals surface area contributed by atoms with Gasteiger partial charge in [0.2, 0.25) is 0 Å². The second kappa shape index (κ2) is 6.56. The van der Waals surface area contributed by atoms with Gasteiger partial charge < -0.3 is 19.0 Å². The van der Waals surface area contributed by atoms with Crippen molar-refractivity contribution in [1.29, 1.82) is 0 Å². The summed E-state index contributed by atoms with van der Waals surface area (Å²) >= 11 is 0. The first kappa shape index (κ1) is 16.6. The van der Waals surface area contributed by atoms with Gasteiger partial charge in [0.15, 0.2) is 17.1 Å². The molecule has 0 aliphatic carbocycles. The number of furan rings is 1. The summed E-state index contributed by atoms with van der Waals surface area (Å²) in [6, 6.07) is 15.1. The zero-order valence-electron chi connectivity index (χ0n) is 15.4. The molecule has 2 aromatic carbocycles. The van der Waals surface area contributed by atoms with Crippen molar-refractivity contribution in [3.8, 4) is 17.0 Å². The molecule has 0 fully saturated rings. The second-order valence-electron chi connectivity index (χ2n) is 6.84. The van der Waals surface area contributed by atoms with Crippen LogP contribution in [0.25, 0.3) is 22.2 Å². The number of hydrogen-bond acceptors (Lipinski definition) is 4. The Labute approximate surface area is 161 Å². The summed E-state index contributed by atoms with van der Waals surface area (Å²) in [6.45, 7) is 1.01. The molecule has 3 heterocycles. The van der Waals surface area contributed by atoms with E-state index in [1.165, 1.54) is 0 Å². The molecule has 1 aliphatic rings. The number of carbonyl (C=O) groups is 1. The summed E-state index contributed by atoms with van der Waals surface area (Å²) in [4.78, 5) is 17.1. The molecule has 28 heavy (non-hydrogen) atoms. The fourth-order valence-corrected chi connectivity index (χ4v) is 3.71. The summed E-state index contributed by atoms with van der Waals surface area (Å²) in [5.74, 6) is 1.70. The van der Waals surface area contributed by atoms with Gasteiger partial charge in [-0.2, -0.15) is 0 Å². The molecule has 0 atom stereocenters. The fraction of sp³-hybridized carbons (Fsp3) is 0.182. The number of imidazole rings is 1. The number of benzene rings is 2. The minimum Gasteiger partial charge on any atom is -0.493 e. The Kier molecular flexibility index (Phi) is 3.90. The average Bonchev–Trinajstić information content (AvgIpc) is 3.43. The molecule has 6 heteroatoms. The van der Waals surface area contributed by atoms with Gasteiger partial charge in [-0.1, -0.05) is 24.3 Å². The van der Waals surface area contributed by atoms with Gasteiger partial charge in [-0.05, 0) is 36.2 Å². The van der Waals surface area contributed by atoms with Gasteiger partial charge in [0.1, 0.15) is 5.82 Å². The molecule has 0 unspecified atom stereocenters. The topological polar surface area (TPSA) is 69.3 Å². The van der Waals surface area contributed by atoms with Crippen molar-refractivity contribution in [2.24, 2.45) is 0 Å². The summed E-state index contributed by atoms with van der Waals surface area (Å²) in [5, 5.41) is 3.71. The third-order valence-electron chi connectivity index (χ3n) is 5.11. The fourth-order valence-electron chi connectivity index (χ4n) is 3.71. The number of amides is 1. The lowest BCUT2D eigenvalue weighted by molar-refractivity contribution is 0.0998. The van der Waals surface area contributed by atoms with Gasteiger partial charge in [-0.25, -0.2) is 4.98 Å². The highest BCUT2D eigenvalue weighted by Gasteiger charge is 2.17. The zero-order chi connectivity index (χ0) is 19.1. The third kappa shape index (κ3) is 2.74. The predicted octanol–water partition coefficient (Wildman–Crippen LogP) is 4.50. The first-order valence-corrected chi connectivity index (χ1v) is 9.25. The number of anilines is 1. The molecule has 140 valence electrons. The smallest absolute Gasteiger partial charge is 0.291 e. The van der Waals surface area contributed by atoms with Crippen molar-refractivity contribution in [3.63, 3.8) is 0 Å². The third-order valence-corrected chi connectivity index (χ3v) is 5.11. The minimum absolute atomic E-state index is 0.247. The highest BCUT2D eigenvalue weighted by molar-refractivity contribution is 6.05. The van der Waals surface area contributed by atoms with E-state index in [9.17, 15) is 4.79 Å².